The molecule has 1 saturated heterocycles. The second kappa shape index (κ2) is 3.96. The summed E-state index contributed by atoms with van der Waals surface area (Å²) in [5.41, 5.74) is 0.553. The number of benzene rings is 1. The lowest BCUT2D eigenvalue weighted by Gasteiger charge is -2.37. The van der Waals surface area contributed by atoms with Gasteiger partial charge in [-0.25, -0.2) is 0 Å². The molecule has 1 aliphatic rings. The number of piperazine rings is 1. The van der Waals surface area contributed by atoms with Gasteiger partial charge in [0.05, 0.1) is 5.54 Å². The number of hydrogen-bond donors (Lipinski definition) is 2. The Balaban J connectivity index is 2.34. The minimum atomic E-state index is -0.558. The average Bonchev–Trinajstić information content (AvgIpc) is 2.34. The van der Waals surface area contributed by atoms with Gasteiger partial charge < -0.3 is 10.6 Å². The van der Waals surface area contributed by atoms with Crippen LogP contribution in [-0.2, 0) is 15.1 Å². The molecule has 0 bridgehead atoms. The van der Waals surface area contributed by atoms with Crippen molar-refractivity contribution in [3.8, 4) is 0 Å². The van der Waals surface area contributed by atoms with Gasteiger partial charge in [0.15, 0.2) is 0 Å². The zero-order valence-corrected chi connectivity index (χ0v) is 9.12. The van der Waals surface area contributed by atoms with Crippen LogP contribution in [0, 0.1) is 0 Å². The average molecular weight is 218 g/mol. The van der Waals surface area contributed by atoms with E-state index in [0.29, 0.717) is 6.54 Å². The lowest BCUT2D eigenvalue weighted by atomic mass is 9.85. The molecule has 2 rings (SSSR count). The number of nitrogens with one attached hydrogen (secondary N) is 2. The molecule has 84 valence electrons. The minimum Gasteiger partial charge on any atom is -0.345 e. The summed E-state index contributed by atoms with van der Waals surface area (Å²) in [6, 6.07) is 9.70. The van der Waals surface area contributed by atoms with Gasteiger partial charge in [-0.1, -0.05) is 37.3 Å². The fraction of sp³-hybridized carbons (Fsp3) is 0.333. The summed E-state index contributed by atoms with van der Waals surface area (Å²) in [7, 11) is 0. The van der Waals surface area contributed by atoms with Gasteiger partial charge in [-0.15, -0.1) is 0 Å². The number of rotatable bonds is 2. The quantitative estimate of drug-likeness (QED) is 0.712. The maximum Gasteiger partial charge on any atom is 0.310 e. The van der Waals surface area contributed by atoms with Crippen LogP contribution in [0.1, 0.15) is 18.9 Å². The van der Waals surface area contributed by atoms with Gasteiger partial charge in [0, 0.05) is 6.54 Å². The third kappa shape index (κ3) is 1.66. The van der Waals surface area contributed by atoms with Crippen LogP contribution in [-0.4, -0.2) is 18.4 Å². The van der Waals surface area contributed by atoms with Gasteiger partial charge in [-0.3, -0.25) is 9.59 Å². The lowest BCUT2D eigenvalue weighted by molar-refractivity contribution is -0.143. The van der Waals surface area contributed by atoms with Crippen LogP contribution in [0.3, 0.4) is 0 Å². The van der Waals surface area contributed by atoms with Gasteiger partial charge in [0.2, 0.25) is 0 Å². The molecule has 0 saturated carbocycles. The van der Waals surface area contributed by atoms with Crippen molar-refractivity contribution in [1.82, 2.24) is 10.6 Å². The Bertz CT molecular complexity index is 416. The number of carbonyl (C=O) groups excluding carboxylic acids is 2. The van der Waals surface area contributed by atoms with Gasteiger partial charge in [-0.05, 0) is 12.0 Å². The fourth-order valence-corrected chi connectivity index (χ4v) is 1.98. The molecule has 0 unspecified atom stereocenters. The van der Waals surface area contributed by atoms with Gasteiger partial charge in [0.25, 0.3) is 0 Å². The van der Waals surface area contributed by atoms with E-state index < -0.39 is 17.4 Å². The van der Waals surface area contributed by atoms with Crippen molar-refractivity contribution >= 4 is 11.8 Å². The van der Waals surface area contributed by atoms with E-state index in [9.17, 15) is 9.59 Å². The van der Waals surface area contributed by atoms with E-state index in [0.717, 1.165) is 12.0 Å². The Morgan fingerprint density at radius 3 is 2.44 bits per heavy atom. The van der Waals surface area contributed by atoms with Crippen molar-refractivity contribution in [2.75, 3.05) is 6.54 Å². The summed E-state index contributed by atoms with van der Waals surface area (Å²) in [5.74, 6) is -1.11. The summed E-state index contributed by atoms with van der Waals surface area (Å²) in [6.07, 6.45) is 0.739. The van der Waals surface area contributed by atoms with E-state index in [2.05, 4.69) is 10.6 Å². The molecule has 1 aliphatic heterocycles. The van der Waals surface area contributed by atoms with Crippen LogP contribution in [0.2, 0.25) is 0 Å². The minimum absolute atomic E-state index is 0.443. The largest absolute Gasteiger partial charge is 0.345 e. The standard InChI is InChI=1S/C12H14N2O2/c1-2-12(9-6-4-3-5-7-9)8-13-10(15)11(16)14-12/h3-7H,2,8H2,1H3,(H,13,15)(H,14,16)/t12-/m1/s1. The molecule has 0 spiro atoms. The molecule has 2 amide bonds. The van der Waals surface area contributed by atoms with E-state index in [-0.39, 0.29) is 0 Å². The first-order valence-electron chi connectivity index (χ1n) is 5.34. The maximum atomic E-state index is 11.4. The van der Waals surface area contributed by atoms with Crippen LogP contribution >= 0.6 is 0 Å². The van der Waals surface area contributed by atoms with Crippen LogP contribution in [0.5, 0.6) is 0 Å². The smallest absolute Gasteiger partial charge is 0.310 e. The maximum absolute atomic E-state index is 11.4. The highest BCUT2D eigenvalue weighted by Crippen LogP contribution is 2.25. The van der Waals surface area contributed by atoms with Crippen molar-refractivity contribution < 1.29 is 9.59 Å². The van der Waals surface area contributed by atoms with E-state index in [1.807, 2.05) is 37.3 Å². The molecule has 0 radical (unpaired) electrons. The Kier molecular flexibility index (Phi) is 2.64. The first-order valence-corrected chi connectivity index (χ1v) is 5.34. The summed E-state index contributed by atoms with van der Waals surface area (Å²) in [4.78, 5) is 22.5. The molecule has 0 aromatic heterocycles. The Hall–Kier alpha value is -1.84. The van der Waals surface area contributed by atoms with Crippen molar-refractivity contribution in [3.05, 3.63) is 35.9 Å². The monoisotopic (exact) mass is 218 g/mol. The predicted molar refractivity (Wildman–Crippen MR) is 59.6 cm³/mol. The summed E-state index contributed by atoms with van der Waals surface area (Å²) >= 11 is 0. The molecule has 4 heteroatoms. The lowest BCUT2D eigenvalue weighted by Crippen LogP contribution is -2.62. The number of hydrogen-bond acceptors (Lipinski definition) is 2. The van der Waals surface area contributed by atoms with Crippen molar-refractivity contribution in [3.63, 3.8) is 0 Å². The SMILES string of the molecule is CC[C@]1(c2ccccc2)CNC(=O)C(=O)N1. The molecule has 1 heterocycles. The zero-order valence-electron chi connectivity index (χ0n) is 9.12. The molecule has 16 heavy (non-hydrogen) atoms. The Morgan fingerprint density at radius 2 is 1.88 bits per heavy atom. The third-order valence-electron chi connectivity index (χ3n) is 3.04. The number of carbonyl (C=O) groups is 2. The Morgan fingerprint density at radius 1 is 1.19 bits per heavy atom. The summed E-state index contributed by atoms with van der Waals surface area (Å²) < 4.78 is 0. The fourth-order valence-electron chi connectivity index (χ4n) is 1.98. The van der Waals surface area contributed by atoms with Gasteiger partial charge >= 0.3 is 11.8 Å². The van der Waals surface area contributed by atoms with E-state index >= 15 is 0 Å². The van der Waals surface area contributed by atoms with Crippen LogP contribution in [0.25, 0.3) is 0 Å². The Labute approximate surface area is 94.0 Å². The number of amides is 2. The third-order valence-corrected chi connectivity index (χ3v) is 3.04. The molecule has 1 aromatic carbocycles. The molecule has 1 atom stereocenters. The van der Waals surface area contributed by atoms with E-state index in [1.165, 1.54) is 0 Å². The normalized spacial score (nSPS) is 24.8. The summed E-state index contributed by atoms with van der Waals surface area (Å²) in [6.45, 7) is 2.43. The molecule has 0 aliphatic carbocycles. The highest BCUT2D eigenvalue weighted by molar-refractivity contribution is 6.35. The van der Waals surface area contributed by atoms with E-state index in [1.54, 1.807) is 0 Å². The van der Waals surface area contributed by atoms with Gasteiger partial charge in [0.1, 0.15) is 0 Å². The van der Waals surface area contributed by atoms with Crippen LogP contribution in [0.15, 0.2) is 30.3 Å². The molecule has 2 N–H and O–H groups in total. The highest BCUT2D eigenvalue weighted by atomic mass is 16.2. The summed E-state index contributed by atoms with van der Waals surface area (Å²) in [5, 5.41) is 5.42. The molecule has 1 fully saturated rings. The predicted octanol–water partition coefficient (Wildman–Crippen LogP) is 0.538. The first kappa shape index (κ1) is 10.7. The topological polar surface area (TPSA) is 58.2 Å². The second-order valence-corrected chi connectivity index (χ2v) is 3.94. The van der Waals surface area contributed by atoms with Crippen molar-refractivity contribution in [1.29, 1.82) is 0 Å². The van der Waals surface area contributed by atoms with E-state index in [4.69, 9.17) is 0 Å². The highest BCUT2D eigenvalue weighted by Gasteiger charge is 2.38. The van der Waals surface area contributed by atoms with Crippen molar-refractivity contribution in [2.24, 2.45) is 0 Å². The molecule has 4 nitrogen and oxygen atoms in total. The zero-order chi connectivity index (χ0) is 11.6. The van der Waals surface area contributed by atoms with Crippen molar-refractivity contribution in [2.45, 2.75) is 18.9 Å². The van der Waals surface area contributed by atoms with Crippen LogP contribution in [0.4, 0.5) is 0 Å². The first-order chi connectivity index (χ1) is 7.68. The van der Waals surface area contributed by atoms with Crippen LogP contribution < -0.4 is 10.6 Å². The molecular weight excluding hydrogens is 204 g/mol. The molecule has 1 aromatic rings. The van der Waals surface area contributed by atoms with Gasteiger partial charge in [-0.2, -0.15) is 0 Å². The molecular formula is C12H14N2O2. The second-order valence-electron chi connectivity index (χ2n) is 3.94.